The SMILES string of the molecule is CC(C)NC(=O)c1cc(NCCc2ccc(F)cc2)nc(-c2ccccc2)n1. The molecule has 0 aliphatic carbocycles. The lowest BCUT2D eigenvalue weighted by Crippen LogP contribution is -2.31. The van der Waals surface area contributed by atoms with Crippen LogP contribution in [-0.4, -0.2) is 28.5 Å². The zero-order valence-electron chi connectivity index (χ0n) is 15.9. The van der Waals surface area contributed by atoms with Crippen LogP contribution in [0.1, 0.15) is 29.9 Å². The van der Waals surface area contributed by atoms with Crippen LogP contribution in [0.2, 0.25) is 0 Å². The van der Waals surface area contributed by atoms with Crippen molar-refractivity contribution in [1.29, 1.82) is 0 Å². The summed E-state index contributed by atoms with van der Waals surface area (Å²) in [6.07, 6.45) is 0.707. The lowest BCUT2D eigenvalue weighted by Gasteiger charge is -2.12. The Bertz CT molecular complexity index is 927. The highest BCUT2D eigenvalue weighted by atomic mass is 19.1. The van der Waals surface area contributed by atoms with Crippen molar-refractivity contribution in [3.63, 3.8) is 0 Å². The fourth-order valence-corrected chi connectivity index (χ4v) is 2.69. The topological polar surface area (TPSA) is 66.9 Å². The summed E-state index contributed by atoms with van der Waals surface area (Å²) in [6, 6.07) is 17.6. The van der Waals surface area contributed by atoms with Gasteiger partial charge in [-0.3, -0.25) is 4.79 Å². The van der Waals surface area contributed by atoms with Gasteiger partial charge in [-0.15, -0.1) is 0 Å². The second kappa shape index (κ2) is 9.08. The fourth-order valence-electron chi connectivity index (χ4n) is 2.69. The number of nitrogens with one attached hydrogen (secondary N) is 2. The summed E-state index contributed by atoms with van der Waals surface area (Å²) >= 11 is 0. The molecule has 0 fully saturated rings. The van der Waals surface area contributed by atoms with Crippen LogP contribution in [0.4, 0.5) is 10.2 Å². The highest BCUT2D eigenvalue weighted by molar-refractivity contribution is 5.93. The van der Waals surface area contributed by atoms with E-state index in [1.165, 1.54) is 12.1 Å². The summed E-state index contributed by atoms with van der Waals surface area (Å²) < 4.78 is 13.0. The normalized spacial score (nSPS) is 10.7. The minimum atomic E-state index is -0.249. The molecule has 3 aromatic rings. The summed E-state index contributed by atoms with van der Waals surface area (Å²) in [4.78, 5) is 21.4. The Morgan fingerprint density at radius 2 is 1.75 bits per heavy atom. The van der Waals surface area contributed by atoms with Gasteiger partial charge >= 0.3 is 0 Å². The van der Waals surface area contributed by atoms with Gasteiger partial charge in [-0.05, 0) is 38.0 Å². The van der Waals surface area contributed by atoms with E-state index >= 15 is 0 Å². The Hall–Kier alpha value is -3.28. The van der Waals surface area contributed by atoms with E-state index in [0.29, 0.717) is 30.3 Å². The summed E-state index contributed by atoms with van der Waals surface area (Å²) in [5.74, 6) is 0.572. The molecule has 2 aromatic carbocycles. The van der Waals surface area contributed by atoms with Gasteiger partial charge in [0.25, 0.3) is 5.91 Å². The van der Waals surface area contributed by atoms with Gasteiger partial charge in [0, 0.05) is 24.2 Å². The highest BCUT2D eigenvalue weighted by Crippen LogP contribution is 2.18. The second-order valence-electron chi connectivity index (χ2n) is 6.76. The molecule has 1 amide bonds. The molecule has 144 valence electrons. The van der Waals surface area contributed by atoms with Crippen LogP contribution in [0.3, 0.4) is 0 Å². The first-order valence-electron chi connectivity index (χ1n) is 9.25. The number of rotatable bonds is 7. The van der Waals surface area contributed by atoms with Crippen molar-refractivity contribution in [2.24, 2.45) is 0 Å². The van der Waals surface area contributed by atoms with Crippen LogP contribution in [0.25, 0.3) is 11.4 Å². The standard InChI is InChI=1S/C22H23FN4O/c1-15(2)25-22(28)19-14-20(24-13-12-16-8-10-18(23)11-9-16)27-21(26-19)17-6-4-3-5-7-17/h3-11,14-15H,12-13H2,1-2H3,(H,25,28)(H,24,26,27). The molecule has 1 heterocycles. The van der Waals surface area contributed by atoms with Crippen LogP contribution >= 0.6 is 0 Å². The average molecular weight is 378 g/mol. The Morgan fingerprint density at radius 1 is 1.04 bits per heavy atom. The van der Waals surface area contributed by atoms with E-state index in [0.717, 1.165) is 11.1 Å². The molecule has 5 nitrogen and oxygen atoms in total. The smallest absolute Gasteiger partial charge is 0.270 e. The quantitative estimate of drug-likeness (QED) is 0.650. The molecule has 6 heteroatoms. The van der Waals surface area contributed by atoms with Crippen molar-refractivity contribution in [1.82, 2.24) is 15.3 Å². The number of halogens is 1. The molecule has 2 N–H and O–H groups in total. The van der Waals surface area contributed by atoms with Crippen molar-refractivity contribution >= 4 is 11.7 Å². The van der Waals surface area contributed by atoms with E-state index in [2.05, 4.69) is 20.6 Å². The number of aromatic nitrogens is 2. The molecule has 0 aliphatic heterocycles. The van der Waals surface area contributed by atoms with E-state index in [1.807, 2.05) is 44.2 Å². The first-order chi connectivity index (χ1) is 13.5. The molecule has 1 aromatic heterocycles. The molecule has 0 saturated heterocycles. The number of nitrogens with zero attached hydrogens (tertiary/aromatic N) is 2. The maximum absolute atomic E-state index is 13.0. The van der Waals surface area contributed by atoms with Crippen LogP contribution in [0.15, 0.2) is 60.7 Å². The third kappa shape index (κ3) is 5.36. The number of amides is 1. The minimum Gasteiger partial charge on any atom is -0.370 e. The van der Waals surface area contributed by atoms with Gasteiger partial charge in [-0.2, -0.15) is 0 Å². The van der Waals surface area contributed by atoms with Gasteiger partial charge in [0.1, 0.15) is 17.3 Å². The van der Waals surface area contributed by atoms with E-state index in [1.54, 1.807) is 18.2 Å². The van der Waals surface area contributed by atoms with Crippen molar-refractivity contribution in [2.45, 2.75) is 26.3 Å². The lowest BCUT2D eigenvalue weighted by atomic mass is 10.1. The Morgan fingerprint density at radius 3 is 2.43 bits per heavy atom. The molecular weight excluding hydrogens is 355 g/mol. The Labute approximate surface area is 164 Å². The maximum atomic E-state index is 13.0. The lowest BCUT2D eigenvalue weighted by molar-refractivity contribution is 0.0938. The minimum absolute atomic E-state index is 0.0116. The van der Waals surface area contributed by atoms with Crippen LogP contribution in [-0.2, 0) is 6.42 Å². The third-order valence-corrected chi connectivity index (χ3v) is 4.04. The third-order valence-electron chi connectivity index (χ3n) is 4.04. The molecule has 0 radical (unpaired) electrons. The Balaban J connectivity index is 1.80. The van der Waals surface area contributed by atoms with Crippen LogP contribution in [0, 0.1) is 5.82 Å². The Kier molecular flexibility index (Phi) is 6.32. The van der Waals surface area contributed by atoms with E-state index in [4.69, 9.17) is 0 Å². The summed E-state index contributed by atoms with van der Waals surface area (Å²) in [6.45, 7) is 4.40. The predicted octanol–water partition coefficient (Wildman–Crippen LogP) is 4.08. The van der Waals surface area contributed by atoms with E-state index in [-0.39, 0.29) is 17.8 Å². The number of benzene rings is 2. The van der Waals surface area contributed by atoms with Gasteiger partial charge in [0.2, 0.25) is 0 Å². The molecule has 0 unspecified atom stereocenters. The maximum Gasteiger partial charge on any atom is 0.270 e. The average Bonchev–Trinajstić information content (AvgIpc) is 2.69. The van der Waals surface area contributed by atoms with E-state index < -0.39 is 0 Å². The molecular formula is C22H23FN4O. The summed E-state index contributed by atoms with van der Waals surface area (Å²) in [5.41, 5.74) is 2.17. The first-order valence-corrected chi connectivity index (χ1v) is 9.25. The highest BCUT2D eigenvalue weighted by Gasteiger charge is 2.13. The second-order valence-corrected chi connectivity index (χ2v) is 6.76. The van der Waals surface area contributed by atoms with Gasteiger partial charge in [-0.1, -0.05) is 42.5 Å². The number of anilines is 1. The molecule has 0 saturated carbocycles. The number of carbonyl (C=O) groups excluding carboxylic acids is 1. The van der Waals surface area contributed by atoms with Crippen LogP contribution < -0.4 is 10.6 Å². The zero-order chi connectivity index (χ0) is 19.9. The van der Waals surface area contributed by atoms with E-state index in [9.17, 15) is 9.18 Å². The number of hydrogen-bond acceptors (Lipinski definition) is 4. The van der Waals surface area contributed by atoms with Crippen LogP contribution in [0.5, 0.6) is 0 Å². The molecule has 28 heavy (non-hydrogen) atoms. The molecule has 3 rings (SSSR count). The largest absolute Gasteiger partial charge is 0.370 e. The monoisotopic (exact) mass is 378 g/mol. The van der Waals surface area contributed by atoms with Gasteiger partial charge in [0.05, 0.1) is 0 Å². The molecule has 0 spiro atoms. The van der Waals surface area contributed by atoms with Crippen molar-refractivity contribution < 1.29 is 9.18 Å². The fraction of sp³-hybridized carbons (Fsp3) is 0.227. The van der Waals surface area contributed by atoms with Crippen molar-refractivity contribution in [3.05, 3.63) is 77.7 Å². The predicted molar refractivity (Wildman–Crippen MR) is 109 cm³/mol. The molecule has 0 aliphatic rings. The number of carbonyl (C=O) groups is 1. The summed E-state index contributed by atoms with van der Waals surface area (Å²) in [5, 5.41) is 6.10. The van der Waals surface area contributed by atoms with Gasteiger partial charge < -0.3 is 10.6 Å². The number of hydrogen-bond donors (Lipinski definition) is 2. The van der Waals surface area contributed by atoms with Crippen molar-refractivity contribution in [2.75, 3.05) is 11.9 Å². The zero-order valence-corrected chi connectivity index (χ0v) is 15.9. The summed E-state index contributed by atoms with van der Waals surface area (Å²) in [7, 11) is 0. The first kappa shape index (κ1) is 19.5. The molecule has 0 atom stereocenters. The van der Waals surface area contributed by atoms with Gasteiger partial charge in [0.15, 0.2) is 5.82 Å². The molecule has 0 bridgehead atoms. The van der Waals surface area contributed by atoms with Crippen molar-refractivity contribution in [3.8, 4) is 11.4 Å². The van der Waals surface area contributed by atoms with Gasteiger partial charge in [-0.25, -0.2) is 14.4 Å².